The first-order valence-electron chi connectivity index (χ1n) is 11.1. The topological polar surface area (TPSA) is 56.9 Å². The highest BCUT2D eigenvalue weighted by molar-refractivity contribution is 5.37. The molecule has 5 heteroatoms. The van der Waals surface area contributed by atoms with E-state index < -0.39 is 5.63 Å². The van der Waals surface area contributed by atoms with Crippen LogP contribution in [0.5, 0.6) is 5.75 Å². The van der Waals surface area contributed by atoms with Gasteiger partial charge in [-0.1, -0.05) is 54.6 Å². The number of hydrogen-bond acceptors (Lipinski definition) is 5. The van der Waals surface area contributed by atoms with E-state index in [1.165, 1.54) is 23.0 Å². The Bertz CT molecular complexity index is 1110. The first-order chi connectivity index (χ1) is 15.2. The SMILES string of the molecule is O=c1occ(CN2CCc3ccccc3C2)c(O)c1CN1CCC(c2ccccc2)C1. The highest BCUT2D eigenvalue weighted by Crippen LogP contribution is 2.30. The molecule has 1 fully saturated rings. The van der Waals surface area contributed by atoms with Crippen LogP contribution in [0, 0.1) is 0 Å². The third-order valence-corrected chi connectivity index (χ3v) is 6.67. The summed E-state index contributed by atoms with van der Waals surface area (Å²) in [6, 6.07) is 19.0. The normalized spacial score (nSPS) is 19.4. The van der Waals surface area contributed by atoms with Gasteiger partial charge < -0.3 is 9.52 Å². The van der Waals surface area contributed by atoms with Gasteiger partial charge in [0.1, 0.15) is 12.0 Å². The van der Waals surface area contributed by atoms with Crippen molar-refractivity contribution >= 4 is 0 Å². The number of nitrogens with zero attached hydrogens (tertiary/aromatic N) is 2. The van der Waals surface area contributed by atoms with Gasteiger partial charge in [-0.05, 0) is 42.0 Å². The minimum absolute atomic E-state index is 0.0956. The number of hydrogen-bond donors (Lipinski definition) is 1. The molecule has 5 nitrogen and oxygen atoms in total. The van der Waals surface area contributed by atoms with Crippen molar-refractivity contribution in [2.24, 2.45) is 0 Å². The van der Waals surface area contributed by atoms with Crippen LogP contribution in [0.25, 0.3) is 0 Å². The zero-order valence-corrected chi connectivity index (χ0v) is 17.7. The Kier molecular flexibility index (Phi) is 5.62. The standard InChI is InChI=1S/C26H28N2O3/c29-25-23(16-27-12-10-20-8-4-5-9-21(20)14-27)18-31-26(30)24(25)17-28-13-11-22(15-28)19-6-2-1-3-7-19/h1-9,18,22,29H,10-17H2. The molecule has 31 heavy (non-hydrogen) atoms. The molecule has 0 bridgehead atoms. The van der Waals surface area contributed by atoms with Gasteiger partial charge in [-0.3, -0.25) is 9.80 Å². The van der Waals surface area contributed by atoms with E-state index in [1.54, 1.807) is 0 Å². The van der Waals surface area contributed by atoms with E-state index >= 15 is 0 Å². The van der Waals surface area contributed by atoms with Crippen LogP contribution >= 0.6 is 0 Å². The zero-order chi connectivity index (χ0) is 21.2. The van der Waals surface area contributed by atoms with Crippen molar-refractivity contribution < 1.29 is 9.52 Å². The second-order valence-corrected chi connectivity index (χ2v) is 8.74. The lowest BCUT2D eigenvalue weighted by molar-refractivity contribution is 0.237. The molecule has 0 saturated carbocycles. The second-order valence-electron chi connectivity index (χ2n) is 8.74. The van der Waals surface area contributed by atoms with Crippen LogP contribution < -0.4 is 5.63 Å². The lowest BCUT2D eigenvalue weighted by Crippen LogP contribution is -2.30. The molecule has 3 heterocycles. The van der Waals surface area contributed by atoms with Gasteiger partial charge in [-0.15, -0.1) is 0 Å². The third kappa shape index (κ3) is 4.29. The smallest absolute Gasteiger partial charge is 0.343 e. The van der Waals surface area contributed by atoms with Gasteiger partial charge >= 0.3 is 5.63 Å². The summed E-state index contributed by atoms with van der Waals surface area (Å²) in [6.45, 7) is 4.56. The molecule has 160 valence electrons. The molecule has 1 unspecified atom stereocenters. The van der Waals surface area contributed by atoms with E-state index in [4.69, 9.17) is 4.42 Å². The summed E-state index contributed by atoms with van der Waals surface area (Å²) in [7, 11) is 0. The van der Waals surface area contributed by atoms with Crippen LogP contribution in [0.4, 0.5) is 0 Å². The molecular weight excluding hydrogens is 388 g/mol. The maximum Gasteiger partial charge on any atom is 0.343 e. The van der Waals surface area contributed by atoms with Crippen LogP contribution in [0.3, 0.4) is 0 Å². The van der Waals surface area contributed by atoms with Gasteiger partial charge in [-0.2, -0.15) is 0 Å². The third-order valence-electron chi connectivity index (χ3n) is 6.67. The molecule has 1 aromatic heterocycles. The summed E-state index contributed by atoms with van der Waals surface area (Å²) in [5.74, 6) is 0.560. The fourth-order valence-corrected chi connectivity index (χ4v) is 4.92. The number of rotatable bonds is 5. The Hall–Kier alpha value is -2.89. The molecule has 3 aromatic rings. The number of aromatic hydroxyl groups is 1. The van der Waals surface area contributed by atoms with Crippen molar-refractivity contribution in [3.63, 3.8) is 0 Å². The van der Waals surface area contributed by atoms with Crippen LogP contribution in [-0.4, -0.2) is 34.5 Å². The van der Waals surface area contributed by atoms with Crippen LogP contribution in [0.15, 0.2) is 70.1 Å². The second kappa shape index (κ2) is 8.69. The van der Waals surface area contributed by atoms with E-state index in [0.717, 1.165) is 39.0 Å². The predicted octanol–water partition coefficient (Wildman–Crippen LogP) is 3.89. The van der Waals surface area contributed by atoms with Crippen LogP contribution in [-0.2, 0) is 26.1 Å². The summed E-state index contributed by atoms with van der Waals surface area (Å²) in [4.78, 5) is 17.0. The molecule has 0 spiro atoms. The largest absolute Gasteiger partial charge is 0.507 e. The Balaban J connectivity index is 1.29. The fourth-order valence-electron chi connectivity index (χ4n) is 4.92. The molecule has 2 aliphatic heterocycles. The average Bonchev–Trinajstić information content (AvgIpc) is 3.28. The summed E-state index contributed by atoms with van der Waals surface area (Å²) in [5.41, 5.74) is 4.69. The molecule has 0 amide bonds. The van der Waals surface area contributed by atoms with Gasteiger partial charge in [0.05, 0.1) is 5.56 Å². The molecular formula is C26H28N2O3. The molecule has 2 aliphatic rings. The predicted molar refractivity (Wildman–Crippen MR) is 120 cm³/mol. The highest BCUT2D eigenvalue weighted by atomic mass is 16.4. The monoisotopic (exact) mass is 416 g/mol. The Labute approximate surface area is 182 Å². The minimum Gasteiger partial charge on any atom is -0.507 e. The van der Waals surface area contributed by atoms with Crippen LogP contribution in [0.1, 0.15) is 40.2 Å². The molecule has 1 N–H and O–H groups in total. The van der Waals surface area contributed by atoms with E-state index in [-0.39, 0.29) is 5.75 Å². The Morgan fingerprint density at radius 3 is 2.55 bits per heavy atom. The average molecular weight is 417 g/mol. The highest BCUT2D eigenvalue weighted by Gasteiger charge is 2.27. The van der Waals surface area contributed by atoms with Crippen molar-refractivity contribution in [3.05, 3.63) is 99.1 Å². The minimum atomic E-state index is -0.437. The molecule has 1 atom stereocenters. The summed E-state index contributed by atoms with van der Waals surface area (Å²) in [6.07, 6.45) is 3.48. The van der Waals surface area contributed by atoms with Crippen molar-refractivity contribution in [1.29, 1.82) is 0 Å². The van der Waals surface area contributed by atoms with Crippen molar-refractivity contribution in [2.45, 2.75) is 38.4 Å². The van der Waals surface area contributed by atoms with Gasteiger partial charge in [0.25, 0.3) is 0 Å². The quantitative estimate of drug-likeness (QED) is 0.684. The first-order valence-corrected chi connectivity index (χ1v) is 11.1. The summed E-state index contributed by atoms with van der Waals surface area (Å²) in [5, 5.41) is 10.9. The lowest BCUT2D eigenvalue weighted by Gasteiger charge is -2.29. The number of benzene rings is 2. The van der Waals surface area contributed by atoms with Crippen molar-refractivity contribution in [2.75, 3.05) is 19.6 Å². The maximum absolute atomic E-state index is 12.4. The molecule has 5 rings (SSSR count). The van der Waals surface area contributed by atoms with Crippen LogP contribution in [0.2, 0.25) is 0 Å². The molecule has 1 saturated heterocycles. The Morgan fingerprint density at radius 2 is 1.71 bits per heavy atom. The number of fused-ring (bicyclic) bond motifs is 1. The van der Waals surface area contributed by atoms with Gasteiger partial charge in [0, 0.05) is 38.3 Å². The lowest BCUT2D eigenvalue weighted by atomic mass is 9.99. The zero-order valence-electron chi connectivity index (χ0n) is 17.7. The molecule has 0 aliphatic carbocycles. The Morgan fingerprint density at radius 1 is 0.935 bits per heavy atom. The van der Waals surface area contributed by atoms with Gasteiger partial charge in [-0.25, -0.2) is 4.79 Å². The van der Waals surface area contributed by atoms with E-state index in [2.05, 4.69) is 58.3 Å². The van der Waals surface area contributed by atoms with E-state index in [9.17, 15) is 9.90 Å². The maximum atomic E-state index is 12.4. The van der Waals surface area contributed by atoms with Gasteiger partial charge in [0.15, 0.2) is 0 Å². The number of likely N-dealkylation sites (tertiary alicyclic amines) is 1. The van der Waals surface area contributed by atoms with Gasteiger partial charge in [0.2, 0.25) is 0 Å². The van der Waals surface area contributed by atoms with Crippen molar-refractivity contribution in [1.82, 2.24) is 9.80 Å². The molecule has 2 aromatic carbocycles. The van der Waals surface area contributed by atoms with E-state index in [1.807, 2.05) is 6.07 Å². The fraction of sp³-hybridized carbons (Fsp3) is 0.346. The molecule has 0 radical (unpaired) electrons. The first kappa shape index (κ1) is 20.0. The van der Waals surface area contributed by atoms with E-state index in [0.29, 0.717) is 30.1 Å². The summed E-state index contributed by atoms with van der Waals surface area (Å²) < 4.78 is 5.33. The van der Waals surface area contributed by atoms with Crippen molar-refractivity contribution in [3.8, 4) is 5.75 Å². The summed E-state index contributed by atoms with van der Waals surface area (Å²) >= 11 is 0.